The number of carbonyl (C=O) groups excluding carboxylic acids is 1. The van der Waals surface area contributed by atoms with E-state index in [1.807, 2.05) is 4.90 Å². The Kier molecular flexibility index (Phi) is 4.30. The Labute approximate surface area is 107 Å². The van der Waals surface area contributed by atoms with Gasteiger partial charge >= 0.3 is 0 Å². The second kappa shape index (κ2) is 5.95. The minimum absolute atomic E-state index is 0.182. The van der Waals surface area contributed by atoms with Crippen LogP contribution in [0.15, 0.2) is 4.42 Å². The highest BCUT2D eigenvalue weighted by Crippen LogP contribution is 2.07. The van der Waals surface area contributed by atoms with E-state index in [4.69, 9.17) is 4.42 Å². The highest BCUT2D eigenvalue weighted by atomic mass is 16.4. The maximum Gasteiger partial charge on any atom is 0.223 e. The van der Waals surface area contributed by atoms with Gasteiger partial charge in [-0.25, -0.2) is 0 Å². The molecule has 0 atom stereocenters. The fourth-order valence-corrected chi connectivity index (χ4v) is 2.12. The first-order valence-electron chi connectivity index (χ1n) is 6.48. The number of aromatic nitrogens is 2. The van der Waals surface area contributed by atoms with Gasteiger partial charge in [0.2, 0.25) is 17.7 Å². The molecule has 0 aromatic carbocycles. The van der Waals surface area contributed by atoms with Gasteiger partial charge in [-0.2, -0.15) is 0 Å². The zero-order chi connectivity index (χ0) is 13.0. The molecule has 0 bridgehead atoms. The molecular weight excluding hydrogens is 232 g/mol. The van der Waals surface area contributed by atoms with E-state index in [-0.39, 0.29) is 5.91 Å². The molecule has 1 fully saturated rings. The Balaban J connectivity index is 1.75. The van der Waals surface area contributed by atoms with Crippen LogP contribution in [-0.4, -0.2) is 58.6 Å². The first kappa shape index (κ1) is 13.0. The molecule has 0 aliphatic carbocycles. The Morgan fingerprint density at radius 3 is 2.56 bits per heavy atom. The van der Waals surface area contributed by atoms with Gasteiger partial charge in [-0.15, -0.1) is 10.2 Å². The Morgan fingerprint density at radius 2 is 2.00 bits per heavy atom. The van der Waals surface area contributed by atoms with Crippen molar-refractivity contribution in [3.63, 3.8) is 0 Å². The van der Waals surface area contributed by atoms with Crippen LogP contribution in [0.25, 0.3) is 0 Å². The quantitative estimate of drug-likeness (QED) is 0.779. The number of piperazine rings is 1. The molecule has 1 aromatic heterocycles. The molecule has 1 aliphatic heterocycles. The summed E-state index contributed by atoms with van der Waals surface area (Å²) in [5.74, 6) is 1.28. The van der Waals surface area contributed by atoms with Crippen LogP contribution in [0.5, 0.6) is 0 Å². The van der Waals surface area contributed by atoms with Gasteiger partial charge < -0.3 is 14.2 Å². The molecule has 18 heavy (non-hydrogen) atoms. The van der Waals surface area contributed by atoms with Crippen molar-refractivity contribution in [2.24, 2.45) is 0 Å². The molecule has 0 saturated carbocycles. The van der Waals surface area contributed by atoms with E-state index in [2.05, 4.69) is 22.0 Å². The average molecular weight is 252 g/mol. The third kappa shape index (κ3) is 3.29. The van der Waals surface area contributed by atoms with Crippen molar-refractivity contribution in [1.82, 2.24) is 20.0 Å². The summed E-state index contributed by atoms with van der Waals surface area (Å²) in [6.07, 6.45) is 0.988. The Bertz CT molecular complexity index is 397. The molecule has 0 unspecified atom stereocenters. The minimum atomic E-state index is 0.182. The molecule has 1 saturated heterocycles. The number of hydrogen-bond donors (Lipinski definition) is 0. The number of aryl methyl sites for hydroxylation is 2. The molecule has 6 heteroatoms. The van der Waals surface area contributed by atoms with Gasteiger partial charge in [0.05, 0.1) is 0 Å². The first-order chi connectivity index (χ1) is 8.69. The van der Waals surface area contributed by atoms with Gasteiger partial charge in [-0.3, -0.25) is 4.79 Å². The van der Waals surface area contributed by atoms with Crippen molar-refractivity contribution < 1.29 is 9.21 Å². The molecule has 2 rings (SSSR count). The van der Waals surface area contributed by atoms with Crippen LogP contribution in [0.1, 0.15) is 25.1 Å². The summed E-state index contributed by atoms with van der Waals surface area (Å²) in [5, 5.41) is 7.64. The maximum atomic E-state index is 12.0. The van der Waals surface area contributed by atoms with E-state index >= 15 is 0 Å². The number of amides is 1. The molecule has 0 N–H and O–H groups in total. The third-order valence-corrected chi connectivity index (χ3v) is 3.29. The lowest BCUT2D eigenvalue weighted by molar-refractivity contribution is -0.132. The molecule has 2 heterocycles. The molecule has 1 amide bonds. The third-order valence-electron chi connectivity index (χ3n) is 3.29. The standard InChI is InChI=1S/C12H20N4O2/c1-3-15-6-8-16(9-7-15)12(17)5-4-11-14-13-10(2)18-11/h3-9H2,1-2H3. The van der Waals surface area contributed by atoms with Crippen molar-refractivity contribution in [2.75, 3.05) is 32.7 Å². The molecule has 100 valence electrons. The number of rotatable bonds is 4. The van der Waals surface area contributed by atoms with Crippen molar-refractivity contribution in [3.8, 4) is 0 Å². The van der Waals surface area contributed by atoms with Crippen LogP contribution < -0.4 is 0 Å². The van der Waals surface area contributed by atoms with Crippen LogP contribution in [0.4, 0.5) is 0 Å². The van der Waals surface area contributed by atoms with E-state index in [1.54, 1.807) is 6.92 Å². The zero-order valence-corrected chi connectivity index (χ0v) is 11.1. The predicted molar refractivity (Wildman–Crippen MR) is 66.1 cm³/mol. The fourth-order valence-electron chi connectivity index (χ4n) is 2.12. The SMILES string of the molecule is CCN1CCN(C(=O)CCc2nnc(C)o2)CC1. The van der Waals surface area contributed by atoms with Crippen LogP contribution in [0.2, 0.25) is 0 Å². The van der Waals surface area contributed by atoms with Crippen LogP contribution in [-0.2, 0) is 11.2 Å². The molecule has 0 spiro atoms. The summed E-state index contributed by atoms with van der Waals surface area (Å²) in [7, 11) is 0. The topological polar surface area (TPSA) is 62.5 Å². The highest BCUT2D eigenvalue weighted by Gasteiger charge is 2.20. The summed E-state index contributed by atoms with van der Waals surface area (Å²) in [5.41, 5.74) is 0. The average Bonchev–Trinajstić information content (AvgIpc) is 2.82. The lowest BCUT2D eigenvalue weighted by atomic mass is 10.2. The smallest absolute Gasteiger partial charge is 0.223 e. The van der Waals surface area contributed by atoms with E-state index in [9.17, 15) is 4.79 Å². The van der Waals surface area contributed by atoms with Gasteiger partial charge in [0.25, 0.3) is 0 Å². The Hall–Kier alpha value is -1.43. The van der Waals surface area contributed by atoms with Crippen molar-refractivity contribution in [2.45, 2.75) is 26.7 Å². The molecular formula is C12H20N4O2. The van der Waals surface area contributed by atoms with Gasteiger partial charge in [0.1, 0.15) is 0 Å². The van der Waals surface area contributed by atoms with Gasteiger partial charge in [-0.1, -0.05) is 6.92 Å². The number of likely N-dealkylation sites (N-methyl/N-ethyl adjacent to an activating group) is 1. The predicted octanol–water partition coefficient (Wildman–Crippen LogP) is 0.475. The normalized spacial score (nSPS) is 17.1. The molecule has 0 radical (unpaired) electrons. The lowest BCUT2D eigenvalue weighted by Crippen LogP contribution is -2.48. The van der Waals surface area contributed by atoms with Gasteiger partial charge in [0.15, 0.2) is 0 Å². The van der Waals surface area contributed by atoms with Crippen LogP contribution >= 0.6 is 0 Å². The van der Waals surface area contributed by atoms with E-state index < -0.39 is 0 Å². The zero-order valence-electron chi connectivity index (χ0n) is 11.1. The van der Waals surface area contributed by atoms with Gasteiger partial charge in [0, 0.05) is 45.9 Å². The van der Waals surface area contributed by atoms with E-state index in [1.165, 1.54) is 0 Å². The van der Waals surface area contributed by atoms with Gasteiger partial charge in [-0.05, 0) is 6.54 Å². The van der Waals surface area contributed by atoms with Crippen molar-refractivity contribution in [3.05, 3.63) is 11.8 Å². The van der Waals surface area contributed by atoms with Crippen LogP contribution in [0.3, 0.4) is 0 Å². The first-order valence-corrected chi connectivity index (χ1v) is 6.48. The maximum absolute atomic E-state index is 12.0. The summed E-state index contributed by atoms with van der Waals surface area (Å²) in [6, 6.07) is 0. The lowest BCUT2D eigenvalue weighted by Gasteiger charge is -2.34. The van der Waals surface area contributed by atoms with E-state index in [0.29, 0.717) is 24.6 Å². The summed E-state index contributed by atoms with van der Waals surface area (Å²) < 4.78 is 5.25. The van der Waals surface area contributed by atoms with Crippen LogP contribution in [0, 0.1) is 6.92 Å². The fraction of sp³-hybridized carbons (Fsp3) is 0.750. The summed E-state index contributed by atoms with van der Waals surface area (Å²) in [4.78, 5) is 16.3. The second-order valence-corrected chi connectivity index (χ2v) is 4.53. The van der Waals surface area contributed by atoms with Crippen molar-refractivity contribution in [1.29, 1.82) is 0 Å². The number of carbonyl (C=O) groups is 1. The van der Waals surface area contributed by atoms with E-state index in [0.717, 1.165) is 32.7 Å². The minimum Gasteiger partial charge on any atom is -0.426 e. The largest absolute Gasteiger partial charge is 0.426 e. The molecule has 6 nitrogen and oxygen atoms in total. The monoisotopic (exact) mass is 252 g/mol. The Morgan fingerprint density at radius 1 is 1.28 bits per heavy atom. The number of hydrogen-bond acceptors (Lipinski definition) is 5. The second-order valence-electron chi connectivity index (χ2n) is 4.53. The van der Waals surface area contributed by atoms with Crippen molar-refractivity contribution >= 4 is 5.91 Å². The highest BCUT2D eigenvalue weighted by molar-refractivity contribution is 5.76. The number of nitrogens with zero attached hydrogens (tertiary/aromatic N) is 4. The summed E-state index contributed by atoms with van der Waals surface area (Å²) in [6.45, 7) is 8.57. The molecule has 1 aliphatic rings. The molecule has 1 aromatic rings. The summed E-state index contributed by atoms with van der Waals surface area (Å²) >= 11 is 0.